The van der Waals surface area contributed by atoms with Gasteiger partial charge in [0.2, 0.25) is 10.0 Å². The van der Waals surface area contributed by atoms with Gasteiger partial charge in [0.1, 0.15) is 9.09 Å². The highest BCUT2D eigenvalue weighted by atomic mass is 32.2. The van der Waals surface area contributed by atoms with Crippen LogP contribution in [0.5, 0.6) is 0 Å². The van der Waals surface area contributed by atoms with E-state index in [4.69, 9.17) is 5.11 Å². The Morgan fingerprint density at radius 1 is 1.53 bits per heavy atom. The zero-order valence-electron chi connectivity index (χ0n) is 9.63. The van der Waals surface area contributed by atoms with Crippen LogP contribution < -0.4 is 4.72 Å². The molecule has 17 heavy (non-hydrogen) atoms. The van der Waals surface area contributed by atoms with Crippen LogP contribution >= 0.6 is 11.3 Å². The molecule has 1 aromatic rings. The van der Waals surface area contributed by atoms with E-state index in [0.717, 1.165) is 24.2 Å². The van der Waals surface area contributed by atoms with Crippen LogP contribution in [-0.2, 0) is 10.0 Å². The van der Waals surface area contributed by atoms with E-state index in [0.29, 0.717) is 0 Å². The summed E-state index contributed by atoms with van der Waals surface area (Å²) in [7, 11) is -3.59. The van der Waals surface area contributed by atoms with Crippen LogP contribution in [0.3, 0.4) is 0 Å². The lowest BCUT2D eigenvalue weighted by molar-refractivity contribution is 0.0702. The molecule has 0 saturated carbocycles. The molecule has 0 aliphatic rings. The topological polar surface area (TPSA) is 83.5 Å². The van der Waals surface area contributed by atoms with E-state index in [1.165, 1.54) is 12.1 Å². The molecule has 0 aliphatic heterocycles. The van der Waals surface area contributed by atoms with Gasteiger partial charge in [-0.1, -0.05) is 13.3 Å². The largest absolute Gasteiger partial charge is 0.477 e. The maximum absolute atomic E-state index is 11.9. The molecule has 1 heterocycles. The molecule has 96 valence electrons. The van der Waals surface area contributed by atoms with E-state index in [-0.39, 0.29) is 15.1 Å². The number of carboxylic acid groups (broad SMARTS) is 1. The number of carbonyl (C=O) groups is 1. The lowest BCUT2D eigenvalue weighted by atomic mass is 10.2. The minimum Gasteiger partial charge on any atom is -0.477 e. The fourth-order valence-electron chi connectivity index (χ4n) is 1.39. The molecule has 2 N–H and O–H groups in total. The fraction of sp³-hybridized carbons (Fsp3) is 0.500. The molecule has 0 radical (unpaired) electrons. The molecule has 1 unspecified atom stereocenters. The molecule has 1 aromatic heterocycles. The number of thiophene rings is 1. The van der Waals surface area contributed by atoms with E-state index in [9.17, 15) is 13.2 Å². The second-order valence-electron chi connectivity index (χ2n) is 3.73. The monoisotopic (exact) mass is 277 g/mol. The molecule has 0 fully saturated rings. The van der Waals surface area contributed by atoms with Crippen molar-refractivity contribution in [3.63, 3.8) is 0 Å². The molecule has 0 saturated heterocycles. The van der Waals surface area contributed by atoms with E-state index in [1.807, 2.05) is 6.92 Å². The van der Waals surface area contributed by atoms with Crippen molar-refractivity contribution in [3.8, 4) is 0 Å². The Balaban J connectivity index is 2.86. The van der Waals surface area contributed by atoms with Gasteiger partial charge in [-0.15, -0.1) is 11.3 Å². The third-order valence-electron chi connectivity index (χ3n) is 2.14. The van der Waals surface area contributed by atoms with Crippen molar-refractivity contribution < 1.29 is 18.3 Å². The van der Waals surface area contributed by atoms with Crippen molar-refractivity contribution in [2.24, 2.45) is 0 Å². The molecular formula is C10H15NO4S2. The summed E-state index contributed by atoms with van der Waals surface area (Å²) in [4.78, 5) is 10.7. The van der Waals surface area contributed by atoms with Crippen LogP contribution in [0.1, 0.15) is 36.4 Å². The van der Waals surface area contributed by atoms with Crippen LogP contribution in [0.25, 0.3) is 0 Å². The molecular weight excluding hydrogens is 262 g/mol. The smallest absolute Gasteiger partial charge is 0.345 e. The first kappa shape index (κ1) is 14.1. The number of carboxylic acids is 1. The van der Waals surface area contributed by atoms with Crippen LogP contribution in [-0.4, -0.2) is 25.5 Å². The SMILES string of the molecule is CCCC(C)NS(=O)(=O)c1ccc(C(=O)O)s1. The Kier molecular flexibility index (Phi) is 4.67. The van der Waals surface area contributed by atoms with Crippen molar-refractivity contribution in [3.05, 3.63) is 17.0 Å². The molecule has 1 atom stereocenters. The van der Waals surface area contributed by atoms with E-state index < -0.39 is 16.0 Å². The van der Waals surface area contributed by atoms with Crippen molar-refractivity contribution in [2.75, 3.05) is 0 Å². The maximum atomic E-state index is 11.9. The van der Waals surface area contributed by atoms with Gasteiger partial charge in [0.05, 0.1) is 0 Å². The number of hydrogen-bond donors (Lipinski definition) is 2. The van der Waals surface area contributed by atoms with Crippen molar-refractivity contribution in [1.29, 1.82) is 0 Å². The Morgan fingerprint density at radius 3 is 2.65 bits per heavy atom. The number of nitrogens with one attached hydrogen (secondary N) is 1. The number of hydrogen-bond acceptors (Lipinski definition) is 4. The van der Waals surface area contributed by atoms with Gasteiger partial charge in [-0.3, -0.25) is 0 Å². The van der Waals surface area contributed by atoms with Crippen LogP contribution in [0, 0.1) is 0 Å². The zero-order chi connectivity index (χ0) is 13.1. The molecule has 5 nitrogen and oxygen atoms in total. The standard InChI is InChI=1S/C10H15NO4S2/c1-3-4-7(2)11-17(14,15)9-6-5-8(16-9)10(12)13/h5-7,11H,3-4H2,1-2H3,(H,12,13). The third-order valence-corrected chi connectivity index (χ3v) is 5.29. The van der Waals surface area contributed by atoms with Gasteiger partial charge in [0.25, 0.3) is 0 Å². The fourth-order valence-corrected chi connectivity index (χ4v) is 3.83. The van der Waals surface area contributed by atoms with E-state index in [1.54, 1.807) is 6.92 Å². The number of sulfonamides is 1. The third kappa shape index (κ3) is 3.79. The average molecular weight is 277 g/mol. The Bertz CT molecular complexity index is 492. The summed E-state index contributed by atoms with van der Waals surface area (Å²) >= 11 is 0.758. The Morgan fingerprint density at radius 2 is 2.18 bits per heavy atom. The average Bonchev–Trinajstić information content (AvgIpc) is 2.65. The molecule has 0 bridgehead atoms. The number of aromatic carboxylic acids is 1. The summed E-state index contributed by atoms with van der Waals surface area (Å²) in [6, 6.07) is 2.46. The highest BCUT2D eigenvalue weighted by Crippen LogP contribution is 2.21. The van der Waals surface area contributed by atoms with Gasteiger partial charge in [0, 0.05) is 6.04 Å². The van der Waals surface area contributed by atoms with Gasteiger partial charge in [-0.05, 0) is 25.5 Å². The summed E-state index contributed by atoms with van der Waals surface area (Å²) in [5.74, 6) is -1.11. The Hall–Kier alpha value is -0.920. The van der Waals surface area contributed by atoms with Crippen LogP contribution in [0.4, 0.5) is 0 Å². The van der Waals surface area contributed by atoms with E-state index >= 15 is 0 Å². The van der Waals surface area contributed by atoms with E-state index in [2.05, 4.69) is 4.72 Å². The summed E-state index contributed by atoms with van der Waals surface area (Å²) in [6.07, 6.45) is 1.63. The minimum absolute atomic E-state index is 0.0218. The van der Waals surface area contributed by atoms with Gasteiger partial charge in [-0.2, -0.15) is 0 Å². The lowest BCUT2D eigenvalue weighted by Gasteiger charge is -2.11. The van der Waals surface area contributed by atoms with Gasteiger partial charge >= 0.3 is 5.97 Å². The van der Waals surface area contributed by atoms with Crippen molar-refractivity contribution in [1.82, 2.24) is 4.72 Å². The van der Waals surface area contributed by atoms with Gasteiger partial charge < -0.3 is 5.11 Å². The second-order valence-corrected chi connectivity index (χ2v) is 6.76. The maximum Gasteiger partial charge on any atom is 0.345 e. The molecule has 7 heteroatoms. The normalized spacial score (nSPS) is 13.5. The van der Waals surface area contributed by atoms with Crippen molar-refractivity contribution >= 4 is 27.3 Å². The first-order valence-corrected chi connectivity index (χ1v) is 7.52. The molecule has 1 rings (SSSR count). The van der Waals surface area contributed by atoms with Crippen LogP contribution in [0.15, 0.2) is 16.3 Å². The quantitative estimate of drug-likeness (QED) is 0.832. The molecule has 0 aromatic carbocycles. The predicted molar refractivity (Wildman–Crippen MR) is 66.0 cm³/mol. The summed E-state index contributed by atoms with van der Waals surface area (Å²) < 4.78 is 26.3. The minimum atomic E-state index is -3.59. The second kappa shape index (κ2) is 5.61. The number of rotatable bonds is 6. The first-order valence-electron chi connectivity index (χ1n) is 5.22. The molecule has 0 spiro atoms. The molecule has 0 aliphatic carbocycles. The summed E-state index contributed by atoms with van der Waals surface area (Å²) in [5, 5.41) is 8.73. The highest BCUT2D eigenvalue weighted by molar-refractivity contribution is 7.91. The highest BCUT2D eigenvalue weighted by Gasteiger charge is 2.20. The molecule has 0 amide bonds. The van der Waals surface area contributed by atoms with Crippen molar-refractivity contribution in [2.45, 2.75) is 36.9 Å². The van der Waals surface area contributed by atoms with Gasteiger partial charge in [0.15, 0.2) is 0 Å². The Labute approximate surface area is 105 Å². The van der Waals surface area contributed by atoms with Gasteiger partial charge in [-0.25, -0.2) is 17.9 Å². The van der Waals surface area contributed by atoms with Crippen LogP contribution in [0.2, 0.25) is 0 Å². The predicted octanol–water partition coefficient (Wildman–Crippen LogP) is 1.91. The summed E-state index contributed by atoms with van der Waals surface area (Å²) in [6.45, 7) is 3.76. The lowest BCUT2D eigenvalue weighted by Crippen LogP contribution is -2.31. The summed E-state index contributed by atoms with van der Waals surface area (Å²) in [5.41, 5.74) is 0. The first-order chi connectivity index (χ1) is 7.86. The zero-order valence-corrected chi connectivity index (χ0v) is 11.3.